The summed E-state index contributed by atoms with van der Waals surface area (Å²) in [5.74, 6) is -0.461. The van der Waals surface area contributed by atoms with Gasteiger partial charge in [-0.25, -0.2) is 12.8 Å². The van der Waals surface area contributed by atoms with E-state index in [9.17, 15) is 12.8 Å². The Morgan fingerprint density at radius 3 is 2.31 bits per heavy atom. The Morgan fingerprint density at radius 2 is 1.69 bits per heavy atom. The number of halogens is 1. The molecule has 0 radical (unpaired) electrons. The van der Waals surface area contributed by atoms with Crippen LogP contribution in [0.3, 0.4) is 0 Å². The molecule has 0 spiro atoms. The largest absolute Gasteiger partial charge is 0.370 e. The number of hydrogen-bond acceptors (Lipinski definition) is 3. The van der Waals surface area contributed by atoms with Crippen LogP contribution < -0.4 is 9.62 Å². The molecule has 3 rings (SSSR count). The Labute approximate surface area is 153 Å². The van der Waals surface area contributed by atoms with Crippen LogP contribution in [0.5, 0.6) is 0 Å². The van der Waals surface area contributed by atoms with E-state index in [1.54, 1.807) is 0 Å². The van der Waals surface area contributed by atoms with Gasteiger partial charge in [0.25, 0.3) is 0 Å². The molecule has 1 aliphatic rings. The first-order chi connectivity index (χ1) is 12.4. The van der Waals surface area contributed by atoms with Crippen molar-refractivity contribution in [3.63, 3.8) is 0 Å². The molecule has 0 aliphatic carbocycles. The molecule has 0 unspecified atom stereocenters. The molecule has 1 aliphatic heterocycles. The summed E-state index contributed by atoms with van der Waals surface area (Å²) in [7, 11) is -3.75. The van der Waals surface area contributed by atoms with Crippen molar-refractivity contribution in [3.05, 3.63) is 65.5 Å². The average Bonchev–Trinajstić information content (AvgIpc) is 2.63. The summed E-state index contributed by atoms with van der Waals surface area (Å²) in [6, 6.07) is 12.4. The van der Waals surface area contributed by atoms with Crippen LogP contribution in [0.2, 0.25) is 0 Å². The van der Waals surface area contributed by atoms with Gasteiger partial charge in [0, 0.05) is 0 Å². The Bertz CT molecular complexity index is 817. The maximum absolute atomic E-state index is 13.1. The predicted octanol–water partition coefficient (Wildman–Crippen LogP) is 1.07. The van der Waals surface area contributed by atoms with Gasteiger partial charge in [-0.1, -0.05) is 29.8 Å². The van der Waals surface area contributed by atoms with Gasteiger partial charge in [0.2, 0.25) is 10.0 Å². The van der Waals surface area contributed by atoms with Gasteiger partial charge < -0.3 is 9.64 Å². The third kappa shape index (κ3) is 4.88. The van der Waals surface area contributed by atoms with Crippen LogP contribution in [-0.4, -0.2) is 41.3 Å². The molecule has 2 aromatic rings. The Hall–Kier alpha value is -1.80. The average molecular weight is 379 g/mol. The van der Waals surface area contributed by atoms with E-state index in [1.165, 1.54) is 17.0 Å². The fourth-order valence-corrected chi connectivity index (χ4v) is 4.27. The molecule has 2 N–H and O–H groups in total. The van der Waals surface area contributed by atoms with Gasteiger partial charge in [-0.05, 0) is 36.8 Å². The topological polar surface area (TPSA) is 59.8 Å². The highest BCUT2D eigenvalue weighted by Crippen LogP contribution is 2.17. The highest BCUT2D eigenvalue weighted by molar-refractivity contribution is 7.89. The summed E-state index contributed by atoms with van der Waals surface area (Å²) in [5, 5.41) is 0. The maximum Gasteiger partial charge on any atom is 0.241 e. The Morgan fingerprint density at radius 1 is 1.08 bits per heavy atom. The number of rotatable bonds is 6. The molecular weight excluding hydrogens is 355 g/mol. The molecular formula is C19H24FN2O3S+. The van der Waals surface area contributed by atoms with Crippen molar-refractivity contribution in [1.82, 2.24) is 4.72 Å². The molecule has 0 aromatic heterocycles. The highest BCUT2D eigenvalue weighted by atomic mass is 32.2. The van der Waals surface area contributed by atoms with Crippen molar-refractivity contribution in [2.75, 3.05) is 32.8 Å². The van der Waals surface area contributed by atoms with Crippen molar-refractivity contribution < 1.29 is 22.4 Å². The van der Waals surface area contributed by atoms with Crippen LogP contribution in [0.1, 0.15) is 17.2 Å². The summed E-state index contributed by atoms with van der Waals surface area (Å²) in [6.07, 6.45) is 0. The number of benzene rings is 2. The lowest BCUT2D eigenvalue weighted by atomic mass is 10.1. The van der Waals surface area contributed by atoms with E-state index in [-0.39, 0.29) is 10.9 Å². The number of quaternary nitrogens is 1. The summed E-state index contributed by atoms with van der Waals surface area (Å²) in [6.45, 7) is 5.68. The number of aryl methyl sites for hydroxylation is 1. The highest BCUT2D eigenvalue weighted by Gasteiger charge is 2.26. The van der Waals surface area contributed by atoms with E-state index in [4.69, 9.17) is 4.74 Å². The van der Waals surface area contributed by atoms with Gasteiger partial charge in [-0.3, -0.25) is 0 Å². The zero-order chi connectivity index (χ0) is 18.6. The lowest BCUT2D eigenvalue weighted by Gasteiger charge is -2.28. The second-order valence-corrected chi connectivity index (χ2v) is 8.32. The molecule has 1 atom stereocenters. The number of morpholine rings is 1. The van der Waals surface area contributed by atoms with E-state index in [0.29, 0.717) is 19.8 Å². The van der Waals surface area contributed by atoms with Gasteiger partial charge in [0.15, 0.2) is 0 Å². The summed E-state index contributed by atoms with van der Waals surface area (Å²) < 4.78 is 46.8. The SMILES string of the molecule is Cc1ccc([C@@H](C[NH+]2CCOCC2)NS(=O)(=O)c2ccc(F)cc2)cc1. The molecule has 140 valence electrons. The molecule has 26 heavy (non-hydrogen) atoms. The van der Waals surface area contributed by atoms with Gasteiger partial charge in [0.05, 0.1) is 30.7 Å². The predicted molar refractivity (Wildman–Crippen MR) is 97.0 cm³/mol. The quantitative estimate of drug-likeness (QED) is 0.789. The smallest absolute Gasteiger partial charge is 0.241 e. The third-order valence-electron chi connectivity index (χ3n) is 4.59. The molecule has 2 aromatic carbocycles. The zero-order valence-electron chi connectivity index (χ0n) is 14.7. The second-order valence-electron chi connectivity index (χ2n) is 6.60. The number of sulfonamides is 1. The van der Waals surface area contributed by atoms with Crippen LogP contribution >= 0.6 is 0 Å². The van der Waals surface area contributed by atoms with Crippen LogP contribution in [0.25, 0.3) is 0 Å². The van der Waals surface area contributed by atoms with Gasteiger partial charge in [-0.2, -0.15) is 4.72 Å². The normalized spacial score (nSPS) is 17.2. The van der Waals surface area contributed by atoms with Gasteiger partial charge in [-0.15, -0.1) is 0 Å². The van der Waals surface area contributed by atoms with Crippen molar-refractivity contribution in [2.45, 2.75) is 17.9 Å². The van der Waals surface area contributed by atoms with Crippen molar-refractivity contribution in [3.8, 4) is 0 Å². The van der Waals surface area contributed by atoms with E-state index in [1.807, 2.05) is 31.2 Å². The minimum Gasteiger partial charge on any atom is -0.370 e. The Balaban J connectivity index is 1.84. The minimum absolute atomic E-state index is 0.0630. The summed E-state index contributed by atoms with van der Waals surface area (Å²) >= 11 is 0. The van der Waals surface area contributed by atoms with Crippen LogP contribution in [0.4, 0.5) is 4.39 Å². The van der Waals surface area contributed by atoms with E-state index in [2.05, 4.69) is 4.72 Å². The standard InChI is InChI=1S/C19H23FN2O3S/c1-15-2-4-16(5-3-15)19(14-22-10-12-25-13-11-22)21-26(23,24)18-8-6-17(20)7-9-18/h2-9,19,21H,10-14H2,1H3/p+1/t19-/m1/s1. The fourth-order valence-electron chi connectivity index (χ4n) is 3.05. The lowest BCUT2D eigenvalue weighted by molar-refractivity contribution is -0.909. The van der Waals surface area contributed by atoms with E-state index < -0.39 is 15.8 Å². The van der Waals surface area contributed by atoms with E-state index >= 15 is 0 Å². The van der Waals surface area contributed by atoms with Crippen molar-refractivity contribution in [2.24, 2.45) is 0 Å². The first-order valence-corrected chi connectivity index (χ1v) is 10.2. The van der Waals surface area contributed by atoms with Crippen LogP contribution in [-0.2, 0) is 14.8 Å². The molecule has 1 saturated heterocycles. The lowest BCUT2D eigenvalue weighted by Crippen LogP contribution is -3.14. The van der Waals surface area contributed by atoms with Crippen molar-refractivity contribution in [1.29, 1.82) is 0 Å². The fraction of sp³-hybridized carbons (Fsp3) is 0.368. The number of hydrogen-bond donors (Lipinski definition) is 2. The number of nitrogens with one attached hydrogen (secondary N) is 2. The van der Waals surface area contributed by atoms with Crippen LogP contribution in [0.15, 0.2) is 53.4 Å². The molecule has 0 bridgehead atoms. The van der Waals surface area contributed by atoms with Gasteiger partial charge in [0.1, 0.15) is 18.9 Å². The van der Waals surface area contributed by atoms with Gasteiger partial charge >= 0.3 is 0 Å². The van der Waals surface area contributed by atoms with E-state index in [0.717, 1.165) is 36.3 Å². The second kappa shape index (κ2) is 8.26. The monoisotopic (exact) mass is 379 g/mol. The first kappa shape index (κ1) is 19.0. The molecule has 0 amide bonds. The molecule has 0 saturated carbocycles. The first-order valence-electron chi connectivity index (χ1n) is 8.70. The Kier molecular flexibility index (Phi) is 6.03. The number of ether oxygens (including phenoxy) is 1. The zero-order valence-corrected chi connectivity index (χ0v) is 15.6. The van der Waals surface area contributed by atoms with Crippen LogP contribution in [0, 0.1) is 12.7 Å². The molecule has 1 heterocycles. The molecule has 5 nitrogen and oxygen atoms in total. The third-order valence-corrected chi connectivity index (χ3v) is 6.08. The summed E-state index contributed by atoms with van der Waals surface area (Å²) in [4.78, 5) is 1.36. The maximum atomic E-state index is 13.1. The minimum atomic E-state index is -3.75. The molecule has 1 fully saturated rings. The van der Waals surface area contributed by atoms with Crippen molar-refractivity contribution >= 4 is 10.0 Å². The summed E-state index contributed by atoms with van der Waals surface area (Å²) in [5.41, 5.74) is 2.04. The molecule has 7 heteroatoms.